The third kappa shape index (κ3) is 2.64. The Bertz CT molecular complexity index is 806. The van der Waals surface area contributed by atoms with Crippen LogP contribution in [0.2, 0.25) is 0 Å². The molecule has 0 saturated carbocycles. The summed E-state index contributed by atoms with van der Waals surface area (Å²) in [7, 11) is 3.38. The summed E-state index contributed by atoms with van der Waals surface area (Å²) in [5.74, 6) is -0.0343. The maximum Gasteiger partial charge on any atom is 0.273 e. The van der Waals surface area contributed by atoms with Crippen LogP contribution >= 0.6 is 0 Å². The van der Waals surface area contributed by atoms with Gasteiger partial charge in [-0.25, -0.2) is 0 Å². The minimum absolute atomic E-state index is 0.109. The second-order valence-corrected chi connectivity index (χ2v) is 5.51. The predicted octanol–water partition coefficient (Wildman–Crippen LogP) is 2.70. The first-order chi connectivity index (χ1) is 11.5. The summed E-state index contributed by atoms with van der Waals surface area (Å²) in [4.78, 5) is 27.1. The Kier molecular flexibility index (Phi) is 4.07. The van der Waals surface area contributed by atoms with Crippen molar-refractivity contribution in [1.29, 1.82) is 0 Å². The highest BCUT2D eigenvalue weighted by Gasteiger charge is 2.28. The molecule has 1 amide bonds. The summed E-state index contributed by atoms with van der Waals surface area (Å²) < 4.78 is 5.19. The van der Waals surface area contributed by atoms with Gasteiger partial charge in [-0.05, 0) is 18.2 Å². The average molecular weight is 327 g/mol. The third-order valence-electron chi connectivity index (χ3n) is 4.11. The van der Waals surface area contributed by atoms with Crippen molar-refractivity contribution in [3.05, 3.63) is 58.1 Å². The fourth-order valence-corrected chi connectivity index (χ4v) is 2.83. The normalized spacial score (nSPS) is 13.4. The number of fused-ring (bicyclic) bond motifs is 1. The molecule has 0 aromatic heterocycles. The highest BCUT2D eigenvalue weighted by Crippen LogP contribution is 2.34. The fourth-order valence-electron chi connectivity index (χ4n) is 2.83. The number of nitro groups is 1. The molecule has 1 heterocycles. The van der Waals surface area contributed by atoms with Crippen molar-refractivity contribution in [2.24, 2.45) is 0 Å². The van der Waals surface area contributed by atoms with Gasteiger partial charge in [0.25, 0.3) is 11.6 Å². The van der Waals surface area contributed by atoms with Crippen molar-refractivity contribution in [1.82, 2.24) is 0 Å². The zero-order valence-corrected chi connectivity index (χ0v) is 13.4. The van der Waals surface area contributed by atoms with Crippen LogP contribution < -0.4 is 14.5 Å². The summed E-state index contributed by atoms with van der Waals surface area (Å²) in [5, 5.41) is 10.9. The van der Waals surface area contributed by atoms with E-state index in [-0.39, 0.29) is 17.3 Å². The SMILES string of the molecule is COc1cc([N+](=O)[O-])ccc1C(=O)N1CCN(C)c2ccccc21. The number of likely N-dealkylation sites (N-methyl/N-ethyl adjacent to an activating group) is 1. The molecule has 0 atom stereocenters. The number of ether oxygens (including phenoxy) is 1. The fraction of sp³-hybridized carbons (Fsp3) is 0.235. The van der Waals surface area contributed by atoms with Crippen LogP contribution in [0.25, 0.3) is 0 Å². The van der Waals surface area contributed by atoms with Crippen LogP contribution in [0.15, 0.2) is 42.5 Å². The molecule has 2 aromatic carbocycles. The van der Waals surface area contributed by atoms with Crippen molar-refractivity contribution in [3.63, 3.8) is 0 Å². The van der Waals surface area contributed by atoms with E-state index in [1.54, 1.807) is 4.90 Å². The summed E-state index contributed by atoms with van der Waals surface area (Å²) in [5.41, 5.74) is 1.99. The van der Waals surface area contributed by atoms with Crippen molar-refractivity contribution in [2.45, 2.75) is 0 Å². The molecule has 24 heavy (non-hydrogen) atoms. The number of methoxy groups -OCH3 is 1. The lowest BCUT2D eigenvalue weighted by atomic mass is 10.1. The van der Waals surface area contributed by atoms with Gasteiger partial charge >= 0.3 is 0 Å². The molecule has 124 valence electrons. The molecule has 0 saturated heterocycles. The highest BCUT2D eigenvalue weighted by molar-refractivity contribution is 6.10. The summed E-state index contributed by atoms with van der Waals surface area (Å²) in [6.07, 6.45) is 0. The molecule has 3 rings (SSSR count). The number of non-ortho nitro benzene ring substituents is 1. The van der Waals surface area contributed by atoms with Crippen LogP contribution in [0, 0.1) is 10.1 Å². The molecule has 7 nitrogen and oxygen atoms in total. The van der Waals surface area contributed by atoms with Gasteiger partial charge in [0, 0.05) is 26.2 Å². The molecular weight excluding hydrogens is 310 g/mol. The Morgan fingerprint density at radius 1 is 1.17 bits per heavy atom. The molecule has 1 aliphatic rings. The molecule has 7 heteroatoms. The molecule has 1 aliphatic heterocycles. The van der Waals surface area contributed by atoms with Gasteiger partial charge in [0.1, 0.15) is 5.75 Å². The second-order valence-electron chi connectivity index (χ2n) is 5.51. The Balaban J connectivity index is 2.01. The van der Waals surface area contributed by atoms with E-state index >= 15 is 0 Å². The van der Waals surface area contributed by atoms with Crippen molar-refractivity contribution < 1.29 is 14.5 Å². The molecule has 0 bridgehead atoms. The van der Waals surface area contributed by atoms with Crippen molar-refractivity contribution in [3.8, 4) is 5.75 Å². The van der Waals surface area contributed by atoms with Gasteiger partial charge in [0.05, 0.1) is 35.0 Å². The summed E-state index contributed by atoms with van der Waals surface area (Å²) in [6.45, 7) is 1.24. The van der Waals surface area contributed by atoms with Crippen LogP contribution in [0.4, 0.5) is 17.1 Å². The van der Waals surface area contributed by atoms with Crippen LogP contribution in [-0.2, 0) is 0 Å². The average Bonchev–Trinajstić information content (AvgIpc) is 2.61. The predicted molar refractivity (Wildman–Crippen MR) is 91.0 cm³/mol. The highest BCUT2D eigenvalue weighted by atomic mass is 16.6. The van der Waals surface area contributed by atoms with E-state index in [2.05, 4.69) is 4.90 Å². The lowest BCUT2D eigenvalue weighted by molar-refractivity contribution is -0.384. The van der Waals surface area contributed by atoms with E-state index in [4.69, 9.17) is 4.74 Å². The number of nitro benzene ring substituents is 1. The number of hydrogen-bond acceptors (Lipinski definition) is 5. The number of benzene rings is 2. The zero-order valence-electron chi connectivity index (χ0n) is 13.4. The lowest BCUT2D eigenvalue weighted by Gasteiger charge is -2.35. The molecule has 0 spiro atoms. The van der Waals surface area contributed by atoms with E-state index in [1.807, 2.05) is 31.3 Å². The van der Waals surface area contributed by atoms with Crippen LogP contribution in [-0.4, -0.2) is 38.1 Å². The number of amides is 1. The Morgan fingerprint density at radius 2 is 1.88 bits per heavy atom. The Hall–Kier alpha value is -3.09. The minimum Gasteiger partial charge on any atom is -0.496 e. The number of para-hydroxylation sites is 2. The van der Waals surface area contributed by atoms with Crippen LogP contribution in [0.3, 0.4) is 0 Å². The largest absolute Gasteiger partial charge is 0.496 e. The Morgan fingerprint density at radius 3 is 2.54 bits per heavy atom. The van der Waals surface area contributed by atoms with Gasteiger partial charge in [0.2, 0.25) is 0 Å². The van der Waals surface area contributed by atoms with E-state index in [9.17, 15) is 14.9 Å². The smallest absolute Gasteiger partial charge is 0.273 e. The van der Waals surface area contributed by atoms with E-state index in [1.165, 1.54) is 25.3 Å². The zero-order chi connectivity index (χ0) is 17.3. The first-order valence-electron chi connectivity index (χ1n) is 7.47. The maximum atomic E-state index is 13.0. The summed E-state index contributed by atoms with van der Waals surface area (Å²) >= 11 is 0. The van der Waals surface area contributed by atoms with Gasteiger partial charge in [-0.15, -0.1) is 0 Å². The molecule has 0 N–H and O–H groups in total. The topological polar surface area (TPSA) is 75.9 Å². The number of nitrogens with zero attached hydrogens (tertiary/aromatic N) is 3. The number of anilines is 2. The maximum absolute atomic E-state index is 13.0. The quantitative estimate of drug-likeness (QED) is 0.640. The van der Waals surface area contributed by atoms with E-state index in [0.29, 0.717) is 18.7 Å². The van der Waals surface area contributed by atoms with Crippen LogP contribution in [0.1, 0.15) is 10.4 Å². The number of hydrogen-bond donors (Lipinski definition) is 0. The molecule has 0 radical (unpaired) electrons. The lowest BCUT2D eigenvalue weighted by Crippen LogP contribution is -2.42. The van der Waals surface area contributed by atoms with E-state index < -0.39 is 4.92 Å². The number of rotatable bonds is 3. The molecule has 0 fully saturated rings. The first-order valence-corrected chi connectivity index (χ1v) is 7.47. The third-order valence-corrected chi connectivity index (χ3v) is 4.11. The summed E-state index contributed by atoms with van der Waals surface area (Å²) in [6, 6.07) is 11.7. The Labute approximate surface area is 139 Å². The van der Waals surface area contributed by atoms with Crippen molar-refractivity contribution in [2.75, 3.05) is 37.0 Å². The monoisotopic (exact) mass is 327 g/mol. The van der Waals surface area contributed by atoms with Crippen molar-refractivity contribution >= 4 is 23.0 Å². The molecule has 2 aromatic rings. The standard InChI is InChI=1S/C17H17N3O4/c1-18-9-10-19(15-6-4-3-5-14(15)18)17(21)13-8-7-12(20(22)23)11-16(13)24-2/h3-8,11H,9-10H2,1-2H3. The van der Waals surface area contributed by atoms with Gasteiger partial charge < -0.3 is 14.5 Å². The minimum atomic E-state index is -0.512. The molecule has 0 aliphatic carbocycles. The van der Waals surface area contributed by atoms with Gasteiger partial charge in [-0.1, -0.05) is 12.1 Å². The van der Waals surface area contributed by atoms with Crippen LogP contribution in [0.5, 0.6) is 5.75 Å². The van der Waals surface area contributed by atoms with E-state index in [0.717, 1.165) is 11.4 Å². The van der Waals surface area contributed by atoms with Gasteiger partial charge in [-0.3, -0.25) is 14.9 Å². The molecular formula is C17H17N3O4. The second kappa shape index (κ2) is 6.19. The number of carbonyl (C=O) groups excluding carboxylic acids is 1. The first kappa shape index (κ1) is 15.8. The van der Waals surface area contributed by atoms with Gasteiger partial charge in [0.15, 0.2) is 0 Å². The van der Waals surface area contributed by atoms with Gasteiger partial charge in [-0.2, -0.15) is 0 Å². The molecule has 0 unspecified atom stereocenters. The number of carbonyl (C=O) groups is 1.